The lowest BCUT2D eigenvalue weighted by molar-refractivity contribution is -0.144. The Labute approximate surface area is 133 Å². The van der Waals surface area contributed by atoms with Crippen LogP contribution in [0.4, 0.5) is 0 Å². The van der Waals surface area contributed by atoms with E-state index in [0.717, 1.165) is 0 Å². The number of carbonyl (C=O) groups is 3. The predicted octanol–water partition coefficient (Wildman–Crippen LogP) is 1.01. The molecular weight excluding hydrogens is 300 g/mol. The number of aliphatic carboxylic acids is 1. The minimum atomic E-state index is -1.17. The summed E-state index contributed by atoms with van der Waals surface area (Å²) in [6.07, 6.45) is -0.134. The van der Waals surface area contributed by atoms with E-state index >= 15 is 0 Å². The number of ether oxygens (including phenoxy) is 1. The number of benzene rings is 1. The van der Waals surface area contributed by atoms with Crippen molar-refractivity contribution in [1.29, 1.82) is 5.26 Å². The minimum absolute atomic E-state index is 0.0895. The molecule has 0 saturated heterocycles. The van der Waals surface area contributed by atoms with Gasteiger partial charge in [0, 0.05) is 12.8 Å². The van der Waals surface area contributed by atoms with Gasteiger partial charge in [-0.2, -0.15) is 5.26 Å². The van der Waals surface area contributed by atoms with Gasteiger partial charge in [0.1, 0.15) is 6.04 Å². The van der Waals surface area contributed by atoms with Crippen LogP contribution in [0, 0.1) is 11.3 Å². The lowest BCUT2D eigenvalue weighted by atomic mass is 10.0. The van der Waals surface area contributed by atoms with Gasteiger partial charge < -0.3 is 15.2 Å². The number of rotatable bonds is 8. The highest BCUT2D eigenvalue weighted by atomic mass is 16.5. The number of hydrogen-bond donors (Lipinski definition) is 2. The molecule has 0 spiro atoms. The Hall–Kier alpha value is -2.88. The number of nitriles is 1. The third-order valence-electron chi connectivity index (χ3n) is 3.02. The van der Waals surface area contributed by atoms with E-state index in [4.69, 9.17) is 10.00 Å². The van der Waals surface area contributed by atoms with Crippen molar-refractivity contribution in [3.8, 4) is 6.07 Å². The number of esters is 1. The molecule has 0 fully saturated rings. The van der Waals surface area contributed by atoms with E-state index in [1.54, 1.807) is 31.2 Å². The lowest BCUT2D eigenvalue weighted by Gasteiger charge is -2.14. The number of nitrogens with one attached hydrogen (secondary N) is 1. The third-order valence-corrected chi connectivity index (χ3v) is 3.02. The van der Waals surface area contributed by atoms with Crippen molar-refractivity contribution in [2.45, 2.75) is 32.2 Å². The van der Waals surface area contributed by atoms with Crippen molar-refractivity contribution in [3.05, 3.63) is 35.4 Å². The fraction of sp³-hybridized carbons (Fsp3) is 0.375. The van der Waals surface area contributed by atoms with Gasteiger partial charge in [0.05, 0.1) is 24.7 Å². The summed E-state index contributed by atoms with van der Waals surface area (Å²) >= 11 is 0. The first kappa shape index (κ1) is 18.2. The fourth-order valence-electron chi connectivity index (χ4n) is 1.87. The van der Waals surface area contributed by atoms with Crippen LogP contribution in [-0.4, -0.2) is 35.6 Å². The summed E-state index contributed by atoms with van der Waals surface area (Å²) in [5.41, 5.74) is 1.15. The molecule has 0 saturated carbocycles. The van der Waals surface area contributed by atoms with E-state index in [9.17, 15) is 19.5 Å². The molecule has 1 rings (SSSR count). The molecule has 7 heteroatoms. The molecule has 0 aliphatic rings. The Bertz CT molecular complexity index is 604. The van der Waals surface area contributed by atoms with Crippen LogP contribution >= 0.6 is 0 Å². The molecule has 7 nitrogen and oxygen atoms in total. The van der Waals surface area contributed by atoms with Crippen LogP contribution in [0.25, 0.3) is 0 Å². The highest BCUT2D eigenvalue weighted by molar-refractivity contribution is 5.85. The zero-order valence-corrected chi connectivity index (χ0v) is 12.7. The summed E-state index contributed by atoms with van der Waals surface area (Å²) in [4.78, 5) is 34.2. The van der Waals surface area contributed by atoms with Crippen molar-refractivity contribution >= 4 is 17.8 Å². The monoisotopic (exact) mass is 318 g/mol. The van der Waals surface area contributed by atoms with Crippen LogP contribution in [0.2, 0.25) is 0 Å². The topological polar surface area (TPSA) is 116 Å². The number of hydrogen-bond acceptors (Lipinski definition) is 5. The molecule has 1 aromatic carbocycles. The third kappa shape index (κ3) is 6.61. The first-order valence-electron chi connectivity index (χ1n) is 7.13. The highest BCUT2D eigenvalue weighted by Gasteiger charge is 2.20. The molecule has 0 aliphatic carbocycles. The molecule has 0 heterocycles. The van der Waals surface area contributed by atoms with E-state index in [2.05, 4.69) is 5.32 Å². The molecule has 0 bridgehead atoms. The summed E-state index contributed by atoms with van der Waals surface area (Å²) in [7, 11) is 0. The lowest BCUT2D eigenvalue weighted by Crippen LogP contribution is -2.42. The maximum absolute atomic E-state index is 11.7. The molecule has 122 valence electrons. The Balaban J connectivity index is 2.57. The summed E-state index contributed by atoms with van der Waals surface area (Å²) in [6, 6.07) is 7.31. The van der Waals surface area contributed by atoms with Crippen molar-refractivity contribution in [2.75, 3.05) is 6.61 Å². The molecule has 0 aliphatic heterocycles. The van der Waals surface area contributed by atoms with Gasteiger partial charge in [-0.25, -0.2) is 4.79 Å². The maximum atomic E-state index is 11.7. The van der Waals surface area contributed by atoms with Gasteiger partial charge >= 0.3 is 11.9 Å². The molecule has 1 amide bonds. The van der Waals surface area contributed by atoms with E-state index in [0.29, 0.717) is 11.1 Å². The zero-order chi connectivity index (χ0) is 17.2. The van der Waals surface area contributed by atoms with Gasteiger partial charge in [0.15, 0.2) is 0 Å². The number of carboxylic acid groups (broad SMARTS) is 1. The van der Waals surface area contributed by atoms with E-state index in [-0.39, 0.29) is 25.9 Å². The fourth-order valence-corrected chi connectivity index (χ4v) is 1.87. The van der Waals surface area contributed by atoms with Gasteiger partial charge in [-0.3, -0.25) is 9.59 Å². The summed E-state index contributed by atoms with van der Waals surface area (Å²) in [6.45, 7) is 1.90. The smallest absolute Gasteiger partial charge is 0.326 e. The molecular formula is C16H18N2O5. The predicted molar refractivity (Wildman–Crippen MR) is 80.3 cm³/mol. The zero-order valence-electron chi connectivity index (χ0n) is 12.7. The SMILES string of the molecule is CCOC(=O)CCC(=O)N[C@H](Cc1ccc(C#N)cc1)C(=O)O. The second-order valence-electron chi connectivity index (χ2n) is 4.78. The van der Waals surface area contributed by atoms with E-state index < -0.39 is 23.9 Å². The van der Waals surface area contributed by atoms with Crippen LogP contribution in [0.15, 0.2) is 24.3 Å². The maximum Gasteiger partial charge on any atom is 0.326 e. The highest BCUT2D eigenvalue weighted by Crippen LogP contribution is 2.07. The number of carboxylic acids is 1. The second-order valence-corrected chi connectivity index (χ2v) is 4.78. The van der Waals surface area contributed by atoms with Crippen LogP contribution in [0.5, 0.6) is 0 Å². The van der Waals surface area contributed by atoms with Gasteiger partial charge in [-0.1, -0.05) is 12.1 Å². The van der Waals surface area contributed by atoms with Crippen LogP contribution in [0.1, 0.15) is 30.9 Å². The normalized spacial score (nSPS) is 11.1. The van der Waals surface area contributed by atoms with Gasteiger partial charge in [-0.15, -0.1) is 0 Å². The number of amides is 1. The second kappa shape index (κ2) is 9.20. The van der Waals surface area contributed by atoms with Crippen molar-refractivity contribution < 1.29 is 24.2 Å². The Morgan fingerprint density at radius 3 is 2.43 bits per heavy atom. The summed E-state index contributed by atoms with van der Waals surface area (Å²) in [5, 5.41) is 20.3. The number of nitrogens with zero attached hydrogens (tertiary/aromatic N) is 1. The summed E-state index contributed by atoms with van der Waals surface area (Å²) in [5.74, 6) is -2.19. The van der Waals surface area contributed by atoms with Crippen molar-refractivity contribution in [2.24, 2.45) is 0 Å². The van der Waals surface area contributed by atoms with Crippen molar-refractivity contribution in [1.82, 2.24) is 5.32 Å². The van der Waals surface area contributed by atoms with Crippen LogP contribution in [-0.2, 0) is 25.5 Å². The van der Waals surface area contributed by atoms with E-state index in [1.165, 1.54) is 0 Å². The Morgan fingerprint density at radius 2 is 1.91 bits per heavy atom. The largest absolute Gasteiger partial charge is 0.480 e. The molecule has 0 unspecified atom stereocenters. The average molecular weight is 318 g/mol. The summed E-state index contributed by atoms with van der Waals surface area (Å²) < 4.78 is 4.70. The molecule has 0 aromatic heterocycles. The standard InChI is InChI=1S/C16H18N2O5/c1-2-23-15(20)8-7-14(19)18-13(16(21)22)9-11-3-5-12(10-17)6-4-11/h3-6,13H,2,7-9H2,1H3,(H,18,19)(H,21,22)/t13-/m1/s1. The Kier molecular flexibility index (Phi) is 7.27. The van der Waals surface area contributed by atoms with Gasteiger partial charge in [0.25, 0.3) is 0 Å². The Morgan fingerprint density at radius 1 is 1.26 bits per heavy atom. The van der Waals surface area contributed by atoms with E-state index in [1.807, 2.05) is 6.07 Å². The van der Waals surface area contributed by atoms with Gasteiger partial charge in [0.2, 0.25) is 5.91 Å². The average Bonchev–Trinajstić information content (AvgIpc) is 2.53. The van der Waals surface area contributed by atoms with Crippen LogP contribution in [0.3, 0.4) is 0 Å². The quantitative estimate of drug-likeness (QED) is 0.691. The number of carbonyl (C=O) groups excluding carboxylic acids is 2. The molecule has 1 atom stereocenters. The molecule has 23 heavy (non-hydrogen) atoms. The first-order chi connectivity index (χ1) is 11.0. The first-order valence-corrected chi connectivity index (χ1v) is 7.13. The molecule has 1 aromatic rings. The minimum Gasteiger partial charge on any atom is -0.480 e. The molecule has 0 radical (unpaired) electrons. The van der Waals surface area contributed by atoms with Crippen molar-refractivity contribution in [3.63, 3.8) is 0 Å². The molecule has 2 N–H and O–H groups in total. The van der Waals surface area contributed by atoms with Crippen LogP contribution < -0.4 is 5.32 Å². The van der Waals surface area contributed by atoms with Gasteiger partial charge in [-0.05, 0) is 24.6 Å².